The molecule has 3 heteroatoms. The third-order valence-electron chi connectivity index (χ3n) is 2.12. The fourth-order valence-corrected chi connectivity index (χ4v) is 1.33. The molecule has 76 valence electrons. The van der Waals surface area contributed by atoms with Crippen LogP contribution in [-0.4, -0.2) is 4.98 Å². The molecule has 1 aromatic carbocycles. The lowest BCUT2D eigenvalue weighted by Crippen LogP contribution is -1.85. The summed E-state index contributed by atoms with van der Waals surface area (Å²) in [5.74, 6) is 0. The summed E-state index contributed by atoms with van der Waals surface area (Å²) in [5.41, 5.74) is 1.67. The van der Waals surface area contributed by atoms with E-state index < -0.39 is 6.43 Å². The summed E-state index contributed by atoms with van der Waals surface area (Å²) >= 11 is 0. The lowest BCUT2D eigenvalue weighted by molar-refractivity contribution is 0.151. The molecule has 0 saturated carbocycles. The van der Waals surface area contributed by atoms with Crippen LogP contribution in [0.15, 0.2) is 48.7 Å². The Balaban J connectivity index is 2.32. The first-order valence-electron chi connectivity index (χ1n) is 4.57. The predicted octanol–water partition coefficient (Wildman–Crippen LogP) is 3.69. The van der Waals surface area contributed by atoms with Crippen LogP contribution in [0.2, 0.25) is 0 Å². The van der Waals surface area contributed by atoms with Crippen molar-refractivity contribution in [3.8, 4) is 11.3 Å². The van der Waals surface area contributed by atoms with E-state index in [0.717, 1.165) is 11.3 Å². The van der Waals surface area contributed by atoms with Gasteiger partial charge in [0.25, 0.3) is 6.43 Å². The second-order valence-corrected chi connectivity index (χ2v) is 3.14. The van der Waals surface area contributed by atoms with Gasteiger partial charge in [-0.05, 0) is 12.1 Å². The molecule has 1 nitrogen and oxygen atoms in total. The second kappa shape index (κ2) is 4.17. The Kier molecular flexibility index (Phi) is 2.72. The molecule has 0 aliphatic heterocycles. The number of pyridine rings is 1. The standard InChI is InChI=1S/C12H9F2N/c13-12(14)10-6-4-9(5-7-10)11-3-1-2-8-15-11/h1-8,12H/i13-1. The van der Waals surface area contributed by atoms with Crippen LogP contribution >= 0.6 is 0 Å². The van der Waals surface area contributed by atoms with Crippen molar-refractivity contribution in [3.63, 3.8) is 0 Å². The minimum absolute atomic E-state index is 0.0367. The van der Waals surface area contributed by atoms with E-state index in [2.05, 4.69) is 4.98 Å². The molecule has 0 aliphatic rings. The summed E-state index contributed by atoms with van der Waals surface area (Å²) in [6.45, 7) is 0. The zero-order chi connectivity index (χ0) is 10.7. The lowest BCUT2D eigenvalue weighted by Gasteiger charge is -2.02. The van der Waals surface area contributed by atoms with Crippen LogP contribution in [0.1, 0.15) is 12.0 Å². The Morgan fingerprint density at radius 1 is 0.933 bits per heavy atom. The number of halogens is 2. The average molecular weight is 204 g/mol. The Labute approximate surface area is 86.4 Å². The molecular weight excluding hydrogens is 195 g/mol. The van der Waals surface area contributed by atoms with Crippen LogP contribution < -0.4 is 0 Å². The number of benzene rings is 1. The maximum Gasteiger partial charge on any atom is 0.263 e. The van der Waals surface area contributed by atoms with E-state index >= 15 is 0 Å². The van der Waals surface area contributed by atoms with E-state index in [0.29, 0.717) is 0 Å². The van der Waals surface area contributed by atoms with Gasteiger partial charge in [0.15, 0.2) is 0 Å². The number of hydrogen-bond acceptors (Lipinski definition) is 1. The van der Waals surface area contributed by atoms with Gasteiger partial charge in [0, 0.05) is 17.3 Å². The Morgan fingerprint density at radius 3 is 2.20 bits per heavy atom. The van der Waals surface area contributed by atoms with Gasteiger partial charge in [-0.3, -0.25) is 4.98 Å². The van der Waals surface area contributed by atoms with Gasteiger partial charge >= 0.3 is 0 Å². The molecule has 0 fully saturated rings. The van der Waals surface area contributed by atoms with Crippen LogP contribution in [0.3, 0.4) is 0 Å². The number of nitrogens with zero attached hydrogens (tertiary/aromatic N) is 1. The molecule has 2 rings (SSSR count). The van der Waals surface area contributed by atoms with E-state index in [9.17, 15) is 8.78 Å². The summed E-state index contributed by atoms with van der Waals surface area (Å²) < 4.78 is 24.6. The van der Waals surface area contributed by atoms with E-state index in [1.54, 1.807) is 18.3 Å². The fourth-order valence-electron chi connectivity index (χ4n) is 1.33. The zero-order valence-corrected chi connectivity index (χ0v) is 7.90. The fraction of sp³-hybridized carbons (Fsp3) is 0.0833. The highest BCUT2D eigenvalue weighted by molar-refractivity contribution is 5.59. The molecule has 0 spiro atoms. The monoisotopic (exact) mass is 204 g/mol. The molecule has 0 aliphatic carbocycles. The minimum Gasteiger partial charge on any atom is -0.256 e. The molecular formula is C12H9F2N. The van der Waals surface area contributed by atoms with Crippen molar-refractivity contribution >= 4 is 0 Å². The van der Waals surface area contributed by atoms with Gasteiger partial charge in [-0.25, -0.2) is 8.78 Å². The summed E-state index contributed by atoms with van der Waals surface area (Å²) in [6.07, 6.45) is -0.737. The Bertz CT molecular complexity index is 423. The third-order valence-corrected chi connectivity index (χ3v) is 2.12. The van der Waals surface area contributed by atoms with E-state index in [1.165, 1.54) is 12.1 Å². The minimum atomic E-state index is -2.41. The van der Waals surface area contributed by atoms with Gasteiger partial charge in [-0.15, -0.1) is 0 Å². The molecule has 0 amide bonds. The van der Waals surface area contributed by atoms with Crippen molar-refractivity contribution in [1.29, 1.82) is 0 Å². The summed E-state index contributed by atoms with van der Waals surface area (Å²) in [5, 5.41) is 0. The van der Waals surface area contributed by atoms with Crippen molar-refractivity contribution in [2.24, 2.45) is 0 Å². The number of alkyl halides is 2. The van der Waals surface area contributed by atoms with Crippen molar-refractivity contribution in [2.75, 3.05) is 0 Å². The quantitative estimate of drug-likeness (QED) is 0.727. The number of hydrogen-bond donors (Lipinski definition) is 0. The van der Waals surface area contributed by atoms with Gasteiger partial charge in [0.2, 0.25) is 0 Å². The Hall–Kier alpha value is -1.77. The van der Waals surface area contributed by atoms with E-state index in [-0.39, 0.29) is 5.56 Å². The molecule has 2 aromatic rings. The molecule has 0 N–H and O–H groups in total. The molecule has 15 heavy (non-hydrogen) atoms. The predicted molar refractivity (Wildman–Crippen MR) is 54.6 cm³/mol. The van der Waals surface area contributed by atoms with Crippen LogP contribution in [0.25, 0.3) is 11.3 Å². The molecule has 1 unspecified atom stereocenters. The highest BCUT2D eigenvalue weighted by atomic mass is 19.2. The van der Waals surface area contributed by atoms with Gasteiger partial charge in [-0.2, -0.15) is 0 Å². The SMILES string of the molecule is FC([18F])c1ccc(-c2ccccn2)cc1. The maximum absolute atomic E-state index is 12.3. The van der Waals surface area contributed by atoms with Crippen LogP contribution in [-0.2, 0) is 0 Å². The van der Waals surface area contributed by atoms with Gasteiger partial charge < -0.3 is 0 Å². The van der Waals surface area contributed by atoms with E-state index in [1.807, 2.05) is 18.2 Å². The average Bonchev–Trinajstić information content (AvgIpc) is 2.30. The smallest absolute Gasteiger partial charge is 0.256 e. The zero-order valence-electron chi connectivity index (χ0n) is 7.90. The molecule has 0 radical (unpaired) electrons. The molecule has 0 saturated heterocycles. The lowest BCUT2D eigenvalue weighted by atomic mass is 10.1. The third kappa shape index (κ3) is 2.18. The largest absolute Gasteiger partial charge is 0.263 e. The molecule has 1 heterocycles. The van der Waals surface area contributed by atoms with Crippen LogP contribution in [0, 0.1) is 0 Å². The second-order valence-electron chi connectivity index (χ2n) is 3.14. The van der Waals surface area contributed by atoms with Crippen LogP contribution in [0.4, 0.5) is 8.78 Å². The van der Waals surface area contributed by atoms with Crippen molar-refractivity contribution in [1.82, 2.24) is 4.98 Å². The molecule has 1 atom stereocenters. The van der Waals surface area contributed by atoms with Gasteiger partial charge in [0.05, 0.1) is 5.69 Å². The van der Waals surface area contributed by atoms with Crippen molar-refractivity contribution in [2.45, 2.75) is 6.43 Å². The first-order valence-corrected chi connectivity index (χ1v) is 4.57. The van der Waals surface area contributed by atoms with Crippen LogP contribution in [0.5, 0.6) is 0 Å². The maximum atomic E-state index is 12.3. The first-order chi connectivity index (χ1) is 7.27. The van der Waals surface area contributed by atoms with E-state index in [4.69, 9.17) is 0 Å². The Morgan fingerprint density at radius 2 is 1.67 bits per heavy atom. The normalized spacial score (nSPS) is 12.4. The number of rotatable bonds is 2. The molecule has 0 bridgehead atoms. The summed E-state index contributed by atoms with van der Waals surface area (Å²) in [6, 6.07) is 11.7. The van der Waals surface area contributed by atoms with Crippen molar-refractivity contribution in [3.05, 3.63) is 54.2 Å². The summed E-state index contributed by atoms with van der Waals surface area (Å²) in [7, 11) is 0. The van der Waals surface area contributed by atoms with Gasteiger partial charge in [-0.1, -0.05) is 30.3 Å². The molecule has 1 aromatic heterocycles. The topological polar surface area (TPSA) is 12.9 Å². The number of aromatic nitrogens is 1. The first kappa shape index (κ1) is 9.77. The highest BCUT2D eigenvalue weighted by Crippen LogP contribution is 2.22. The summed E-state index contributed by atoms with van der Waals surface area (Å²) in [4.78, 5) is 4.14. The van der Waals surface area contributed by atoms with Crippen molar-refractivity contribution < 1.29 is 8.78 Å². The highest BCUT2D eigenvalue weighted by Gasteiger charge is 2.06. The van der Waals surface area contributed by atoms with Gasteiger partial charge in [0.1, 0.15) is 0 Å².